The third kappa shape index (κ3) is 5.02. The molecule has 0 aliphatic heterocycles. The summed E-state index contributed by atoms with van der Waals surface area (Å²) < 4.78 is 8.39. The Hall–Kier alpha value is -6.97. The van der Waals surface area contributed by atoms with Crippen LogP contribution in [0.4, 0.5) is 0 Å². The number of hydrogen-bond acceptors (Lipinski definition) is 2. The molecule has 52 heavy (non-hydrogen) atoms. The summed E-state index contributed by atoms with van der Waals surface area (Å²) in [4.78, 5) is 13.7. The van der Waals surface area contributed by atoms with E-state index in [0.29, 0.717) is 11.0 Å². The molecule has 244 valence electrons. The molecule has 0 aliphatic rings. The highest BCUT2D eigenvalue weighted by Gasteiger charge is 2.15. The Labute approximate surface area is 300 Å². The molecule has 0 saturated carbocycles. The maximum Gasteiger partial charge on any atom is 0.344 e. The third-order valence-electron chi connectivity index (χ3n) is 10.2. The van der Waals surface area contributed by atoms with E-state index in [9.17, 15) is 4.79 Å². The van der Waals surface area contributed by atoms with E-state index in [1.54, 1.807) is 0 Å². The monoisotopic (exact) mass is 665 g/mol. The molecule has 2 aromatic heterocycles. The summed E-state index contributed by atoms with van der Waals surface area (Å²) in [6.45, 7) is 0. The average molecular weight is 666 g/mol. The van der Waals surface area contributed by atoms with Crippen molar-refractivity contribution >= 4 is 43.5 Å². The van der Waals surface area contributed by atoms with Gasteiger partial charge in [-0.15, -0.1) is 0 Å². The smallest absolute Gasteiger partial charge is 0.344 e. The second-order valence-electron chi connectivity index (χ2n) is 13.3. The first-order chi connectivity index (χ1) is 25.7. The lowest BCUT2D eigenvalue weighted by atomic mass is 9.92. The molecule has 0 atom stereocenters. The maximum absolute atomic E-state index is 13.7. The molecule has 10 rings (SSSR count). The Balaban J connectivity index is 1.08. The fourth-order valence-electron chi connectivity index (χ4n) is 7.69. The first kappa shape index (κ1) is 29.9. The lowest BCUT2D eigenvalue weighted by molar-refractivity contribution is 0.570. The number of nitrogens with zero attached hydrogens (tertiary/aromatic N) is 1. The topological polar surface area (TPSA) is 35.1 Å². The van der Waals surface area contributed by atoms with Crippen molar-refractivity contribution in [3.63, 3.8) is 0 Å². The van der Waals surface area contributed by atoms with E-state index in [2.05, 4.69) is 162 Å². The molecule has 8 aromatic carbocycles. The average Bonchev–Trinajstić information content (AvgIpc) is 3.55. The highest BCUT2D eigenvalue weighted by molar-refractivity contribution is 6.11. The highest BCUT2D eigenvalue weighted by Crippen LogP contribution is 2.38. The van der Waals surface area contributed by atoms with Gasteiger partial charge in [0.25, 0.3) is 0 Å². The first-order valence-corrected chi connectivity index (χ1v) is 17.5. The van der Waals surface area contributed by atoms with Crippen molar-refractivity contribution in [3.8, 4) is 50.2 Å². The van der Waals surface area contributed by atoms with Crippen molar-refractivity contribution in [1.82, 2.24) is 4.57 Å². The van der Waals surface area contributed by atoms with E-state index >= 15 is 0 Å². The van der Waals surface area contributed by atoms with E-state index in [-0.39, 0.29) is 5.63 Å². The van der Waals surface area contributed by atoms with Crippen LogP contribution in [0.3, 0.4) is 0 Å². The van der Waals surface area contributed by atoms with Crippen LogP contribution in [0.2, 0.25) is 0 Å². The van der Waals surface area contributed by atoms with Gasteiger partial charge in [0.05, 0.1) is 16.4 Å². The van der Waals surface area contributed by atoms with Gasteiger partial charge in [-0.25, -0.2) is 4.79 Å². The molecule has 0 saturated heterocycles. The van der Waals surface area contributed by atoms with E-state index in [0.717, 1.165) is 66.5 Å². The molecule has 0 bridgehead atoms. The molecule has 3 nitrogen and oxygen atoms in total. The Morgan fingerprint density at radius 1 is 0.327 bits per heavy atom. The van der Waals surface area contributed by atoms with Crippen molar-refractivity contribution in [2.45, 2.75) is 0 Å². The van der Waals surface area contributed by atoms with Gasteiger partial charge in [0, 0.05) is 21.8 Å². The molecule has 0 unspecified atom stereocenters. The van der Waals surface area contributed by atoms with Crippen molar-refractivity contribution in [1.29, 1.82) is 0 Å². The minimum Gasteiger partial charge on any atom is -0.422 e. The fourth-order valence-corrected chi connectivity index (χ4v) is 7.69. The Kier molecular flexibility index (Phi) is 6.97. The number of aromatic nitrogens is 1. The number of para-hydroxylation sites is 2. The molecule has 10 aromatic rings. The van der Waals surface area contributed by atoms with Crippen LogP contribution in [0.5, 0.6) is 0 Å². The van der Waals surface area contributed by atoms with Gasteiger partial charge in [0.1, 0.15) is 5.58 Å². The van der Waals surface area contributed by atoms with Crippen LogP contribution in [-0.4, -0.2) is 4.57 Å². The molecule has 0 fully saturated rings. The summed E-state index contributed by atoms with van der Waals surface area (Å²) in [5.41, 5.74) is 12.3. The van der Waals surface area contributed by atoms with Crippen LogP contribution in [0.15, 0.2) is 197 Å². The van der Waals surface area contributed by atoms with Gasteiger partial charge in [0.15, 0.2) is 0 Å². The second kappa shape index (κ2) is 12.1. The summed E-state index contributed by atoms with van der Waals surface area (Å²) in [5.74, 6) is 0. The second-order valence-corrected chi connectivity index (χ2v) is 13.3. The summed E-state index contributed by atoms with van der Waals surface area (Å²) in [7, 11) is 0. The van der Waals surface area contributed by atoms with E-state index < -0.39 is 0 Å². The lowest BCUT2D eigenvalue weighted by Crippen LogP contribution is -2.00. The van der Waals surface area contributed by atoms with Gasteiger partial charge in [0.2, 0.25) is 0 Å². The molecule has 0 N–H and O–H groups in total. The van der Waals surface area contributed by atoms with Gasteiger partial charge in [-0.2, -0.15) is 0 Å². The molecular formula is C49H31NO2. The van der Waals surface area contributed by atoms with Gasteiger partial charge in [-0.1, -0.05) is 121 Å². The molecular weight excluding hydrogens is 635 g/mol. The molecule has 0 radical (unpaired) electrons. The SMILES string of the molecule is O=c1oc2cc(-c3ccc4c(c3)c3ccccc3n4-c3ccccc3)ccc2c2ccc(-c3cc(-c4ccccc4)cc(-c4ccccc4)c3)cc12. The van der Waals surface area contributed by atoms with Crippen molar-refractivity contribution in [2.24, 2.45) is 0 Å². The minimum atomic E-state index is -0.342. The van der Waals surface area contributed by atoms with Crippen molar-refractivity contribution in [2.75, 3.05) is 0 Å². The van der Waals surface area contributed by atoms with Crippen LogP contribution >= 0.6 is 0 Å². The van der Waals surface area contributed by atoms with Gasteiger partial charge in [-0.3, -0.25) is 0 Å². The van der Waals surface area contributed by atoms with Crippen LogP contribution in [-0.2, 0) is 0 Å². The number of fused-ring (bicyclic) bond motifs is 6. The number of hydrogen-bond donors (Lipinski definition) is 0. The van der Waals surface area contributed by atoms with E-state index in [1.807, 2.05) is 30.3 Å². The Morgan fingerprint density at radius 3 is 1.52 bits per heavy atom. The zero-order chi connectivity index (χ0) is 34.6. The van der Waals surface area contributed by atoms with Crippen LogP contribution in [0.25, 0.3) is 93.7 Å². The normalized spacial score (nSPS) is 11.5. The van der Waals surface area contributed by atoms with E-state index in [4.69, 9.17) is 4.42 Å². The number of rotatable bonds is 5. The largest absolute Gasteiger partial charge is 0.422 e. The number of benzene rings is 8. The van der Waals surface area contributed by atoms with Crippen LogP contribution in [0.1, 0.15) is 0 Å². The minimum absolute atomic E-state index is 0.342. The molecule has 0 amide bonds. The van der Waals surface area contributed by atoms with Gasteiger partial charge in [-0.05, 0) is 117 Å². The summed E-state index contributed by atoms with van der Waals surface area (Å²) in [5, 5.41) is 4.73. The molecule has 2 heterocycles. The highest BCUT2D eigenvalue weighted by atomic mass is 16.4. The predicted octanol–water partition coefficient (Wildman–Crippen LogP) is 12.7. The van der Waals surface area contributed by atoms with Crippen LogP contribution in [0, 0.1) is 0 Å². The third-order valence-corrected chi connectivity index (χ3v) is 10.2. The van der Waals surface area contributed by atoms with Crippen molar-refractivity contribution < 1.29 is 4.42 Å². The van der Waals surface area contributed by atoms with Crippen molar-refractivity contribution in [3.05, 3.63) is 198 Å². The van der Waals surface area contributed by atoms with Gasteiger partial charge < -0.3 is 8.98 Å². The predicted molar refractivity (Wildman–Crippen MR) is 216 cm³/mol. The molecule has 0 aliphatic carbocycles. The summed E-state index contributed by atoms with van der Waals surface area (Å²) >= 11 is 0. The maximum atomic E-state index is 13.7. The summed E-state index contributed by atoms with van der Waals surface area (Å²) in [6, 6.07) is 65.4. The lowest BCUT2D eigenvalue weighted by Gasteiger charge is -2.12. The molecule has 3 heteroatoms. The van der Waals surface area contributed by atoms with E-state index in [1.165, 1.54) is 16.3 Å². The van der Waals surface area contributed by atoms with Crippen LogP contribution < -0.4 is 5.63 Å². The Bertz CT molecular complexity index is 2950. The Morgan fingerprint density at radius 2 is 0.827 bits per heavy atom. The molecule has 0 spiro atoms. The zero-order valence-corrected chi connectivity index (χ0v) is 28.2. The zero-order valence-electron chi connectivity index (χ0n) is 28.2. The quantitative estimate of drug-likeness (QED) is 0.135. The fraction of sp³-hybridized carbons (Fsp3) is 0. The standard InChI is InChI=1S/C49H31NO2/c51-49-45-30-35(39-27-37(32-12-4-1-5-13-32)26-38(28-39)33-14-6-2-7-15-33)20-23-41(45)43-24-21-36(31-48(43)52-49)34-22-25-47-44(29-34)42-18-10-11-19-46(42)50(47)40-16-8-3-9-17-40/h1-31H. The van der Waals surface area contributed by atoms with Gasteiger partial charge >= 0.3 is 5.63 Å². The first-order valence-electron chi connectivity index (χ1n) is 17.5. The summed E-state index contributed by atoms with van der Waals surface area (Å²) in [6.07, 6.45) is 0.